The minimum Gasteiger partial charge on any atom is -0.380 e. The molecule has 1 aliphatic heterocycles. The summed E-state index contributed by atoms with van der Waals surface area (Å²) in [5.74, 6) is 0.453. The zero-order valence-corrected chi connectivity index (χ0v) is 13.7. The highest BCUT2D eigenvalue weighted by Gasteiger charge is 2.11. The molecule has 1 aliphatic rings. The van der Waals surface area contributed by atoms with Gasteiger partial charge in [0.15, 0.2) is 0 Å². The van der Waals surface area contributed by atoms with Gasteiger partial charge in [-0.2, -0.15) is 0 Å². The lowest BCUT2D eigenvalue weighted by Crippen LogP contribution is -2.36. The van der Waals surface area contributed by atoms with Crippen molar-refractivity contribution in [3.8, 4) is 0 Å². The Bertz CT molecular complexity index is 490. The first-order valence-corrected chi connectivity index (χ1v) is 8.06. The molecule has 1 amide bonds. The van der Waals surface area contributed by atoms with Gasteiger partial charge in [0.25, 0.3) is 5.91 Å². The average molecular weight is 327 g/mol. The van der Waals surface area contributed by atoms with Crippen LogP contribution in [0.1, 0.15) is 23.7 Å². The highest BCUT2D eigenvalue weighted by molar-refractivity contribution is 6.33. The van der Waals surface area contributed by atoms with Gasteiger partial charge in [-0.1, -0.05) is 11.6 Å². The molecule has 0 radical (unpaired) electrons. The van der Waals surface area contributed by atoms with E-state index < -0.39 is 0 Å². The van der Waals surface area contributed by atoms with Crippen molar-refractivity contribution in [2.45, 2.75) is 13.3 Å². The first-order chi connectivity index (χ1) is 10.7. The van der Waals surface area contributed by atoms with Crippen LogP contribution in [0.25, 0.3) is 0 Å². The normalized spacial score (nSPS) is 16.1. The van der Waals surface area contributed by atoms with Crippen LogP contribution in [0.3, 0.4) is 0 Å². The maximum Gasteiger partial charge on any atom is 0.252 e. The summed E-state index contributed by atoms with van der Waals surface area (Å²) in [7, 11) is 0. The maximum absolute atomic E-state index is 12.1. The number of carbonyl (C=O) groups excluding carboxylic acids is 1. The van der Waals surface area contributed by atoms with Gasteiger partial charge in [-0.15, -0.1) is 0 Å². The molecule has 1 aromatic heterocycles. The van der Waals surface area contributed by atoms with E-state index in [9.17, 15) is 4.79 Å². The van der Waals surface area contributed by atoms with E-state index in [1.807, 2.05) is 6.92 Å². The van der Waals surface area contributed by atoms with Gasteiger partial charge in [0.2, 0.25) is 0 Å². The minimum absolute atomic E-state index is 0.150. The van der Waals surface area contributed by atoms with Crippen LogP contribution in [0, 0.1) is 0 Å². The van der Waals surface area contributed by atoms with E-state index in [0.29, 0.717) is 22.9 Å². The smallest absolute Gasteiger partial charge is 0.252 e. The van der Waals surface area contributed by atoms with Gasteiger partial charge in [0, 0.05) is 45.5 Å². The molecule has 2 rings (SSSR count). The van der Waals surface area contributed by atoms with Gasteiger partial charge in [0.1, 0.15) is 5.82 Å². The van der Waals surface area contributed by atoms with Gasteiger partial charge in [-0.05, 0) is 19.4 Å². The Balaban J connectivity index is 1.80. The van der Waals surface area contributed by atoms with Gasteiger partial charge >= 0.3 is 0 Å². The maximum atomic E-state index is 12.1. The highest BCUT2D eigenvalue weighted by atomic mass is 35.5. The SMILES string of the molecule is CCNc1ncc(C(=O)NCCN2CCCOCC2)cc1Cl. The predicted octanol–water partition coefficient (Wildman–Crippen LogP) is 1.62. The van der Waals surface area contributed by atoms with Gasteiger partial charge in [-0.3, -0.25) is 9.69 Å². The van der Waals surface area contributed by atoms with E-state index in [-0.39, 0.29) is 5.91 Å². The van der Waals surface area contributed by atoms with Crippen molar-refractivity contribution in [1.29, 1.82) is 0 Å². The van der Waals surface area contributed by atoms with Crippen molar-refractivity contribution in [3.63, 3.8) is 0 Å². The Kier molecular flexibility index (Phi) is 6.89. The zero-order chi connectivity index (χ0) is 15.8. The van der Waals surface area contributed by atoms with Crippen molar-refractivity contribution in [1.82, 2.24) is 15.2 Å². The van der Waals surface area contributed by atoms with Gasteiger partial charge in [-0.25, -0.2) is 4.98 Å². The average Bonchev–Trinajstić information content (AvgIpc) is 2.78. The Morgan fingerprint density at radius 1 is 1.45 bits per heavy atom. The number of rotatable bonds is 6. The zero-order valence-electron chi connectivity index (χ0n) is 12.9. The molecular weight excluding hydrogens is 304 g/mol. The lowest BCUT2D eigenvalue weighted by atomic mass is 10.2. The molecule has 0 atom stereocenters. The Hall–Kier alpha value is -1.37. The van der Waals surface area contributed by atoms with Crippen LogP contribution in [0.4, 0.5) is 5.82 Å². The number of anilines is 1. The van der Waals surface area contributed by atoms with E-state index in [2.05, 4.69) is 20.5 Å². The molecule has 0 spiro atoms. The molecule has 0 aliphatic carbocycles. The fourth-order valence-corrected chi connectivity index (χ4v) is 2.54. The topological polar surface area (TPSA) is 66.5 Å². The molecule has 2 heterocycles. The minimum atomic E-state index is -0.150. The van der Waals surface area contributed by atoms with Crippen LogP contribution in [0.5, 0.6) is 0 Å². The number of nitrogens with zero attached hydrogens (tertiary/aromatic N) is 2. The number of amides is 1. The van der Waals surface area contributed by atoms with Crippen LogP contribution < -0.4 is 10.6 Å². The molecule has 6 nitrogen and oxygen atoms in total. The van der Waals surface area contributed by atoms with Crippen molar-refractivity contribution in [2.75, 3.05) is 51.3 Å². The van der Waals surface area contributed by atoms with Crippen molar-refractivity contribution < 1.29 is 9.53 Å². The number of nitrogens with one attached hydrogen (secondary N) is 2. The van der Waals surface area contributed by atoms with E-state index in [1.54, 1.807) is 12.3 Å². The molecule has 0 bridgehead atoms. The third kappa shape index (κ3) is 5.12. The summed E-state index contributed by atoms with van der Waals surface area (Å²) in [5.41, 5.74) is 0.478. The van der Waals surface area contributed by atoms with Crippen LogP contribution in [-0.2, 0) is 4.74 Å². The van der Waals surface area contributed by atoms with E-state index in [0.717, 1.165) is 45.8 Å². The van der Waals surface area contributed by atoms with Crippen molar-refractivity contribution >= 4 is 23.3 Å². The molecule has 122 valence electrons. The molecule has 0 saturated carbocycles. The monoisotopic (exact) mass is 326 g/mol. The molecule has 0 aromatic carbocycles. The molecule has 1 fully saturated rings. The summed E-state index contributed by atoms with van der Waals surface area (Å²) < 4.78 is 5.41. The molecular formula is C15H23ClN4O2. The molecule has 2 N–H and O–H groups in total. The quantitative estimate of drug-likeness (QED) is 0.831. The summed E-state index contributed by atoms with van der Waals surface area (Å²) in [6.45, 7) is 7.65. The fourth-order valence-electron chi connectivity index (χ4n) is 2.31. The molecule has 1 saturated heterocycles. The van der Waals surface area contributed by atoms with Crippen LogP contribution in [0.15, 0.2) is 12.3 Å². The lowest BCUT2D eigenvalue weighted by molar-refractivity contribution is 0.0947. The number of carbonyl (C=O) groups is 1. The summed E-state index contributed by atoms with van der Waals surface area (Å²) in [4.78, 5) is 18.6. The second kappa shape index (κ2) is 8.92. The largest absolute Gasteiger partial charge is 0.380 e. The Labute approximate surface area is 136 Å². The molecule has 1 aromatic rings. The number of ether oxygens (including phenoxy) is 1. The predicted molar refractivity (Wildman–Crippen MR) is 87.6 cm³/mol. The Morgan fingerprint density at radius 3 is 3.09 bits per heavy atom. The van der Waals surface area contributed by atoms with Gasteiger partial charge < -0.3 is 15.4 Å². The highest BCUT2D eigenvalue weighted by Crippen LogP contribution is 2.19. The first-order valence-electron chi connectivity index (χ1n) is 7.68. The van der Waals surface area contributed by atoms with E-state index in [4.69, 9.17) is 16.3 Å². The third-order valence-electron chi connectivity index (χ3n) is 3.48. The molecule has 7 heteroatoms. The van der Waals surface area contributed by atoms with E-state index >= 15 is 0 Å². The second-order valence-corrected chi connectivity index (χ2v) is 5.56. The molecule has 22 heavy (non-hydrogen) atoms. The summed E-state index contributed by atoms with van der Waals surface area (Å²) >= 11 is 6.10. The van der Waals surface area contributed by atoms with Crippen LogP contribution in [-0.4, -0.2) is 61.7 Å². The second-order valence-electron chi connectivity index (χ2n) is 5.15. The summed E-state index contributed by atoms with van der Waals surface area (Å²) in [6, 6.07) is 1.64. The standard InChI is InChI=1S/C15H23ClN4O2/c1-2-17-14-13(16)10-12(11-19-14)15(21)18-4-6-20-5-3-8-22-9-7-20/h10-11H,2-9H2,1H3,(H,17,19)(H,18,21). The Morgan fingerprint density at radius 2 is 2.32 bits per heavy atom. The van der Waals surface area contributed by atoms with Crippen molar-refractivity contribution in [3.05, 3.63) is 22.8 Å². The van der Waals surface area contributed by atoms with Crippen LogP contribution >= 0.6 is 11.6 Å². The van der Waals surface area contributed by atoms with Gasteiger partial charge in [0.05, 0.1) is 17.2 Å². The first kappa shape index (κ1) is 17.0. The number of hydrogen-bond donors (Lipinski definition) is 2. The van der Waals surface area contributed by atoms with Crippen LogP contribution in [0.2, 0.25) is 5.02 Å². The number of halogens is 1. The fraction of sp³-hybridized carbons (Fsp3) is 0.600. The van der Waals surface area contributed by atoms with E-state index in [1.165, 1.54) is 0 Å². The number of hydrogen-bond acceptors (Lipinski definition) is 5. The van der Waals surface area contributed by atoms with Crippen molar-refractivity contribution in [2.24, 2.45) is 0 Å². The summed E-state index contributed by atoms with van der Waals surface area (Å²) in [6.07, 6.45) is 2.58. The third-order valence-corrected chi connectivity index (χ3v) is 3.76. The molecule has 0 unspecified atom stereocenters. The number of aromatic nitrogens is 1. The number of pyridine rings is 1. The lowest BCUT2D eigenvalue weighted by Gasteiger charge is -2.19. The summed E-state index contributed by atoms with van der Waals surface area (Å²) in [5, 5.41) is 6.40.